The fourth-order valence-corrected chi connectivity index (χ4v) is 3.17. The lowest BCUT2D eigenvalue weighted by Gasteiger charge is -2.16. The van der Waals surface area contributed by atoms with Crippen LogP contribution in [-0.4, -0.2) is 27.7 Å². The minimum atomic E-state index is 0.0472. The van der Waals surface area contributed by atoms with Gasteiger partial charge in [-0.25, -0.2) is 9.97 Å². The molecule has 0 unspecified atom stereocenters. The molecule has 2 aromatic carbocycles. The number of aromatic hydroxyl groups is 1. The Kier molecular flexibility index (Phi) is 6.26. The van der Waals surface area contributed by atoms with E-state index in [4.69, 9.17) is 10.7 Å². The van der Waals surface area contributed by atoms with Crippen molar-refractivity contribution >= 4 is 5.82 Å². The Bertz CT molecular complexity index is 925. The van der Waals surface area contributed by atoms with Gasteiger partial charge >= 0.3 is 0 Å². The third-order valence-electron chi connectivity index (χ3n) is 4.51. The molecule has 3 rings (SSSR count). The van der Waals surface area contributed by atoms with Crippen molar-refractivity contribution in [3.05, 3.63) is 60.2 Å². The molecule has 1 aromatic heterocycles. The molecule has 5 heteroatoms. The number of hydrogen-bond donors (Lipinski definition) is 3. The highest BCUT2D eigenvalue weighted by molar-refractivity contribution is 5.70. The predicted molar refractivity (Wildman–Crippen MR) is 115 cm³/mol. The van der Waals surface area contributed by atoms with E-state index in [1.54, 1.807) is 6.07 Å². The number of benzene rings is 2. The van der Waals surface area contributed by atoms with E-state index in [1.165, 1.54) is 0 Å². The average molecular weight is 377 g/mol. The highest BCUT2D eigenvalue weighted by Gasteiger charge is 2.13. The summed E-state index contributed by atoms with van der Waals surface area (Å²) in [6.45, 7) is 6.93. The summed E-state index contributed by atoms with van der Waals surface area (Å²) >= 11 is 0. The van der Waals surface area contributed by atoms with E-state index in [1.807, 2.05) is 55.5 Å². The summed E-state index contributed by atoms with van der Waals surface area (Å²) in [5.41, 5.74) is 9.66. The minimum Gasteiger partial charge on any atom is -0.507 e. The molecule has 5 nitrogen and oxygen atoms in total. The maximum Gasteiger partial charge on any atom is 0.165 e. The van der Waals surface area contributed by atoms with E-state index in [-0.39, 0.29) is 11.8 Å². The number of phenols is 1. The van der Waals surface area contributed by atoms with Gasteiger partial charge in [0.25, 0.3) is 0 Å². The molecule has 0 bridgehead atoms. The van der Waals surface area contributed by atoms with E-state index in [0.29, 0.717) is 29.7 Å². The van der Waals surface area contributed by atoms with Gasteiger partial charge in [0.2, 0.25) is 0 Å². The molecule has 0 spiro atoms. The number of rotatable bonds is 7. The van der Waals surface area contributed by atoms with Crippen molar-refractivity contribution in [1.82, 2.24) is 9.97 Å². The smallest absolute Gasteiger partial charge is 0.165 e. The van der Waals surface area contributed by atoms with Crippen LogP contribution in [0.1, 0.15) is 25.8 Å². The first-order valence-corrected chi connectivity index (χ1v) is 9.66. The summed E-state index contributed by atoms with van der Waals surface area (Å²) < 4.78 is 0. The molecule has 1 heterocycles. The lowest BCUT2D eigenvalue weighted by atomic mass is 10.0. The Balaban J connectivity index is 1.98. The summed E-state index contributed by atoms with van der Waals surface area (Å²) in [4.78, 5) is 9.35. The number of nitrogens with zero attached hydrogens (tertiary/aromatic N) is 2. The second-order valence-corrected chi connectivity index (χ2v) is 7.62. The van der Waals surface area contributed by atoms with Crippen LogP contribution in [-0.2, 0) is 0 Å². The molecule has 0 aliphatic carbocycles. The molecule has 0 saturated heterocycles. The molecule has 1 atom stereocenters. The SMILES string of the molecule is Cc1ccc(O)c(-c2nc(NC[C@H](N)CC(C)C)cc(-c3ccccc3)n2)c1. The largest absolute Gasteiger partial charge is 0.507 e. The van der Waals surface area contributed by atoms with Gasteiger partial charge in [0.05, 0.1) is 11.3 Å². The number of nitrogens with two attached hydrogens (primary N) is 1. The first kappa shape index (κ1) is 19.8. The summed E-state index contributed by atoms with van der Waals surface area (Å²) in [6, 6.07) is 17.4. The zero-order valence-electron chi connectivity index (χ0n) is 16.7. The van der Waals surface area contributed by atoms with E-state index in [0.717, 1.165) is 23.2 Å². The van der Waals surface area contributed by atoms with Crippen LogP contribution in [0.4, 0.5) is 5.82 Å². The van der Waals surface area contributed by atoms with Gasteiger partial charge in [0.1, 0.15) is 11.6 Å². The van der Waals surface area contributed by atoms with Crippen LogP contribution in [0.2, 0.25) is 0 Å². The van der Waals surface area contributed by atoms with Gasteiger partial charge in [-0.3, -0.25) is 0 Å². The number of hydrogen-bond acceptors (Lipinski definition) is 5. The van der Waals surface area contributed by atoms with Crippen LogP contribution in [0.15, 0.2) is 54.6 Å². The monoisotopic (exact) mass is 376 g/mol. The normalized spacial score (nSPS) is 12.2. The van der Waals surface area contributed by atoms with Crippen LogP contribution in [0.3, 0.4) is 0 Å². The van der Waals surface area contributed by atoms with E-state index >= 15 is 0 Å². The first-order chi connectivity index (χ1) is 13.4. The van der Waals surface area contributed by atoms with Gasteiger partial charge in [-0.1, -0.05) is 55.8 Å². The summed E-state index contributed by atoms with van der Waals surface area (Å²) in [5, 5.41) is 13.7. The average Bonchev–Trinajstić information content (AvgIpc) is 2.68. The van der Waals surface area contributed by atoms with Crippen molar-refractivity contribution in [1.29, 1.82) is 0 Å². The highest BCUT2D eigenvalue weighted by atomic mass is 16.3. The van der Waals surface area contributed by atoms with E-state index in [2.05, 4.69) is 24.1 Å². The van der Waals surface area contributed by atoms with Gasteiger partial charge in [-0.2, -0.15) is 0 Å². The summed E-state index contributed by atoms with van der Waals surface area (Å²) in [5.74, 6) is 1.90. The van der Waals surface area contributed by atoms with Crippen molar-refractivity contribution in [3.8, 4) is 28.4 Å². The van der Waals surface area contributed by atoms with Crippen LogP contribution in [0.5, 0.6) is 5.75 Å². The molecule has 0 aliphatic rings. The van der Waals surface area contributed by atoms with Crippen LogP contribution < -0.4 is 11.1 Å². The van der Waals surface area contributed by atoms with Crippen molar-refractivity contribution in [2.75, 3.05) is 11.9 Å². The fourth-order valence-electron chi connectivity index (χ4n) is 3.17. The number of aryl methyl sites for hydroxylation is 1. The van der Waals surface area contributed by atoms with Gasteiger partial charge in [0, 0.05) is 24.2 Å². The third-order valence-corrected chi connectivity index (χ3v) is 4.51. The molecule has 28 heavy (non-hydrogen) atoms. The van der Waals surface area contributed by atoms with Gasteiger partial charge in [-0.15, -0.1) is 0 Å². The minimum absolute atomic E-state index is 0.0472. The topological polar surface area (TPSA) is 84.1 Å². The van der Waals surface area contributed by atoms with Crippen molar-refractivity contribution in [2.45, 2.75) is 33.2 Å². The predicted octanol–water partition coefficient (Wildman–Crippen LogP) is 4.61. The molecule has 146 valence electrons. The van der Waals surface area contributed by atoms with Crippen LogP contribution >= 0.6 is 0 Å². The zero-order valence-corrected chi connectivity index (χ0v) is 16.7. The standard InChI is InChI=1S/C23H28N4O/c1-15(2)11-18(24)14-25-22-13-20(17-7-5-4-6-8-17)26-23(27-22)19-12-16(3)9-10-21(19)28/h4-10,12-13,15,18,28H,11,14,24H2,1-3H3,(H,25,26,27)/t18-/m1/s1. The fraction of sp³-hybridized carbons (Fsp3) is 0.304. The number of phenolic OH excluding ortho intramolecular Hbond substituents is 1. The molecule has 3 aromatic rings. The Morgan fingerprint density at radius 1 is 1.04 bits per heavy atom. The maximum absolute atomic E-state index is 10.3. The number of nitrogens with one attached hydrogen (secondary N) is 1. The molecule has 0 fully saturated rings. The van der Waals surface area contributed by atoms with E-state index in [9.17, 15) is 5.11 Å². The maximum atomic E-state index is 10.3. The van der Waals surface area contributed by atoms with Crippen LogP contribution in [0, 0.1) is 12.8 Å². The van der Waals surface area contributed by atoms with Crippen molar-refractivity contribution < 1.29 is 5.11 Å². The molecule has 0 amide bonds. The molecule has 4 N–H and O–H groups in total. The van der Waals surface area contributed by atoms with Gasteiger partial charge < -0.3 is 16.2 Å². The second-order valence-electron chi connectivity index (χ2n) is 7.62. The van der Waals surface area contributed by atoms with Gasteiger partial charge in [-0.05, 0) is 31.4 Å². The number of aromatic nitrogens is 2. The zero-order chi connectivity index (χ0) is 20.1. The first-order valence-electron chi connectivity index (χ1n) is 9.66. The Labute approximate surface area is 166 Å². The third kappa shape index (κ3) is 5.08. The lowest BCUT2D eigenvalue weighted by Crippen LogP contribution is -2.30. The molecular formula is C23H28N4O. The van der Waals surface area contributed by atoms with Crippen LogP contribution in [0.25, 0.3) is 22.6 Å². The molecular weight excluding hydrogens is 348 g/mol. The summed E-state index contributed by atoms with van der Waals surface area (Å²) in [7, 11) is 0. The molecule has 0 aliphatic heterocycles. The Morgan fingerprint density at radius 3 is 2.50 bits per heavy atom. The Hall–Kier alpha value is -2.92. The van der Waals surface area contributed by atoms with Crippen molar-refractivity contribution in [3.63, 3.8) is 0 Å². The highest BCUT2D eigenvalue weighted by Crippen LogP contribution is 2.30. The van der Waals surface area contributed by atoms with Crippen molar-refractivity contribution in [2.24, 2.45) is 11.7 Å². The lowest BCUT2D eigenvalue weighted by molar-refractivity contribution is 0.476. The quantitative estimate of drug-likeness (QED) is 0.561. The molecule has 0 radical (unpaired) electrons. The van der Waals surface area contributed by atoms with E-state index < -0.39 is 0 Å². The molecule has 0 saturated carbocycles. The summed E-state index contributed by atoms with van der Waals surface area (Å²) in [6.07, 6.45) is 0.940. The Morgan fingerprint density at radius 2 is 1.79 bits per heavy atom. The van der Waals surface area contributed by atoms with Gasteiger partial charge in [0.15, 0.2) is 5.82 Å². The second kappa shape index (κ2) is 8.85. The number of anilines is 1.